The molecule has 166 valence electrons. The van der Waals surface area contributed by atoms with Crippen molar-refractivity contribution in [2.24, 2.45) is 0 Å². The minimum atomic E-state index is -0.460. The van der Waals surface area contributed by atoms with Crippen LogP contribution in [0.1, 0.15) is 26.3 Å². The summed E-state index contributed by atoms with van der Waals surface area (Å²) in [5.74, 6) is 0.779. The molecular formula is C22H24N6O4. The molecule has 0 aliphatic rings. The van der Waals surface area contributed by atoms with Crippen LogP contribution in [0.25, 0.3) is 11.3 Å². The molecule has 0 radical (unpaired) electrons. The number of methoxy groups -OCH3 is 1. The summed E-state index contributed by atoms with van der Waals surface area (Å²) < 4.78 is 12.3. The summed E-state index contributed by atoms with van der Waals surface area (Å²) in [6.07, 6.45) is 1.59. The summed E-state index contributed by atoms with van der Waals surface area (Å²) in [5, 5.41) is 28.8. The molecule has 3 rings (SSSR count). The molecule has 0 amide bonds. The van der Waals surface area contributed by atoms with Gasteiger partial charge in [-0.25, -0.2) is 4.98 Å². The lowest BCUT2D eigenvalue weighted by molar-refractivity contribution is -0.384. The second-order valence-electron chi connectivity index (χ2n) is 7.92. The molecule has 2 heterocycles. The van der Waals surface area contributed by atoms with E-state index in [1.807, 2.05) is 20.8 Å². The quantitative estimate of drug-likeness (QED) is 0.315. The van der Waals surface area contributed by atoms with Crippen LogP contribution in [-0.4, -0.2) is 40.0 Å². The Morgan fingerprint density at radius 3 is 2.53 bits per heavy atom. The number of hydrogen-bond donors (Lipinski definition) is 1. The molecule has 0 aliphatic carbocycles. The maximum Gasteiger partial charge on any atom is 0.269 e. The molecule has 32 heavy (non-hydrogen) atoms. The minimum absolute atomic E-state index is 0.0229. The molecule has 1 N–H and O–H groups in total. The predicted octanol–water partition coefficient (Wildman–Crippen LogP) is 4.25. The fourth-order valence-electron chi connectivity index (χ4n) is 3.04. The number of nitro groups is 1. The first-order chi connectivity index (χ1) is 15.2. The number of nitriles is 1. The molecule has 2 aromatic heterocycles. The van der Waals surface area contributed by atoms with Gasteiger partial charge in [0, 0.05) is 42.8 Å². The molecule has 0 spiro atoms. The van der Waals surface area contributed by atoms with E-state index in [0.29, 0.717) is 47.4 Å². The van der Waals surface area contributed by atoms with Crippen LogP contribution in [0.4, 0.5) is 17.2 Å². The van der Waals surface area contributed by atoms with Crippen molar-refractivity contribution in [3.63, 3.8) is 0 Å². The molecule has 0 aliphatic heterocycles. The largest absolute Gasteiger partial charge is 0.475 e. The van der Waals surface area contributed by atoms with Gasteiger partial charge in [-0.1, -0.05) is 0 Å². The highest BCUT2D eigenvalue weighted by atomic mass is 16.6. The van der Waals surface area contributed by atoms with Gasteiger partial charge >= 0.3 is 0 Å². The lowest BCUT2D eigenvalue weighted by atomic mass is 10.0. The van der Waals surface area contributed by atoms with Crippen LogP contribution in [-0.2, 0) is 10.3 Å². The number of pyridine rings is 1. The molecular weight excluding hydrogens is 412 g/mol. The summed E-state index contributed by atoms with van der Waals surface area (Å²) in [7, 11) is 1.59. The lowest BCUT2D eigenvalue weighted by Crippen LogP contribution is -2.24. The molecule has 3 aromatic rings. The number of non-ortho nitro benzene ring substituents is 1. The average molecular weight is 436 g/mol. The Morgan fingerprint density at radius 2 is 1.94 bits per heavy atom. The minimum Gasteiger partial charge on any atom is -0.475 e. The fourth-order valence-corrected chi connectivity index (χ4v) is 3.04. The predicted molar refractivity (Wildman–Crippen MR) is 119 cm³/mol. The normalized spacial score (nSPS) is 11.1. The first kappa shape index (κ1) is 22.7. The van der Waals surface area contributed by atoms with Crippen LogP contribution in [0.15, 0.2) is 42.6 Å². The van der Waals surface area contributed by atoms with Gasteiger partial charge in [0.05, 0.1) is 22.8 Å². The Labute approximate surface area is 185 Å². The third-order valence-corrected chi connectivity index (χ3v) is 4.52. The number of benzene rings is 1. The Morgan fingerprint density at radius 1 is 1.22 bits per heavy atom. The van der Waals surface area contributed by atoms with Crippen LogP contribution in [0, 0.1) is 21.4 Å². The maximum atomic E-state index is 11.0. The first-order valence-corrected chi connectivity index (χ1v) is 9.88. The monoisotopic (exact) mass is 436 g/mol. The highest BCUT2D eigenvalue weighted by Crippen LogP contribution is 2.35. The number of aromatic nitrogens is 3. The van der Waals surface area contributed by atoms with Crippen molar-refractivity contribution >= 4 is 17.2 Å². The van der Waals surface area contributed by atoms with E-state index in [-0.39, 0.29) is 5.69 Å². The van der Waals surface area contributed by atoms with Gasteiger partial charge in [0.25, 0.3) is 5.69 Å². The molecule has 1 aromatic carbocycles. The third-order valence-electron chi connectivity index (χ3n) is 4.52. The number of nitrogens with zero attached hydrogens (tertiary/aromatic N) is 5. The van der Waals surface area contributed by atoms with E-state index < -0.39 is 10.5 Å². The molecule has 10 heteroatoms. The molecule has 0 bridgehead atoms. The number of hydrogen-bond acceptors (Lipinski definition) is 8. The number of ether oxygens (including phenoxy) is 2. The van der Waals surface area contributed by atoms with E-state index in [0.717, 1.165) is 0 Å². The van der Waals surface area contributed by atoms with Crippen molar-refractivity contribution < 1.29 is 14.4 Å². The summed E-state index contributed by atoms with van der Waals surface area (Å²) >= 11 is 0. The standard InChI is InChI=1S/C22H24N6O4/c1-22(2,3)27-20(15-5-7-17(8-6-15)28(29)30)18(14-23)21(26-27)25-16-9-10-24-19(13-16)32-12-11-31-4/h5-10,13H,11-12H2,1-4H3,(H,24,25,26). The third kappa shape index (κ3) is 5.01. The van der Waals surface area contributed by atoms with E-state index in [1.165, 1.54) is 12.1 Å². The first-order valence-electron chi connectivity index (χ1n) is 9.88. The van der Waals surface area contributed by atoms with Gasteiger partial charge in [-0.15, -0.1) is 0 Å². The molecule has 0 saturated heterocycles. The molecule has 0 unspecified atom stereocenters. The van der Waals surface area contributed by atoms with Crippen molar-refractivity contribution in [2.45, 2.75) is 26.3 Å². The van der Waals surface area contributed by atoms with E-state index in [4.69, 9.17) is 9.47 Å². The van der Waals surface area contributed by atoms with Crippen molar-refractivity contribution in [3.05, 3.63) is 58.3 Å². The average Bonchev–Trinajstić information content (AvgIpc) is 3.13. The number of nitrogens with one attached hydrogen (secondary N) is 1. The number of rotatable bonds is 8. The second-order valence-corrected chi connectivity index (χ2v) is 7.92. The molecule has 0 fully saturated rings. The summed E-state index contributed by atoms with van der Waals surface area (Å²) in [6, 6.07) is 11.7. The zero-order valence-electron chi connectivity index (χ0n) is 18.3. The smallest absolute Gasteiger partial charge is 0.269 e. The van der Waals surface area contributed by atoms with Crippen molar-refractivity contribution in [2.75, 3.05) is 25.6 Å². The Kier molecular flexibility index (Phi) is 6.70. The molecule has 0 atom stereocenters. The van der Waals surface area contributed by atoms with E-state index in [1.54, 1.807) is 42.3 Å². The molecule has 0 saturated carbocycles. The number of nitro benzene ring substituents is 1. The van der Waals surface area contributed by atoms with Crippen LogP contribution in [0.5, 0.6) is 5.88 Å². The van der Waals surface area contributed by atoms with Crippen LogP contribution < -0.4 is 10.1 Å². The van der Waals surface area contributed by atoms with Crippen molar-refractivity contribution in [1.82, 2.24) is 14.8 Å². The SMILES string of the molecule is COCCOc1cc(Nc2nn(C(C)(C)C)c(-c3ccc([N+](=O)[O-])cc3)c2C#N)ccn1. The van der Waals surface area contributed by atoms with E-state index in [9.17, 15) is 15.4 Å². The maximum absolute atomic E-state index is 11.0. The zero-order chi connectivity index (χ0) is 23.3. The zero-order valence-corrected chi connectivity index (χ0v) is 18.3. The van der Waals surface area contributed by atoms with Crippen LogP contribution in [0.3, 0.4) is 0 Å². The van der Waals surface area contributed by atoms with Gasteiger partial charge in [0.1, 0.15) is 18.2 Å². The fraction of sp³-hybridized carbons (Fsp3) is 0.318. The highest BCUT2D eigenvalue weighted by molar-refractivity contribution is 5.77. The second kappa shape index (κ2) is 9.45. The van der Waals surface area contributed by atoms with Gasteiger partial charge < -0.3 is 14.8 Å². The lowest BCUT2D eigenvalue weighted by Gasteiger charge is -2.22. The van der Waals surface area contributed by atoms with Gasteiger partial charge in [0.2, 0.25) is 5.88 Å². The Hall–Kier alpha value is -3.97. The van der Waals surface area contributed by atoms with Crippen molar-refractivity contribution in [1.29, 1.82) is 5.26 Å². The topological polar surface area (TPSA) is 128 Å². The van der Waals surface area contributed by atoms with E-state index >= 15 is 0 Å². The summed E-state index contributed by atoms with van der Waals surface area (Å²) in [4.78, 5) is 14.7. The Balaban J connectivity index is 2.02. The molecule has 10 nitrogen and oxygen atoms in total. The van der Waals surface area contributed by atoms with Gasteiger partial charge in [0.15, 0.2) is 5.82 Å². The van der Waals surface area contributed by atoms with Crippen LogP contribution in [0.2, 0.25) is 0 Å². The highest BCUT2D eigenvalue weighted by Gasteiger charge is 2.26. The van der Waals surface area contributed by atoms with Crippen LogP contribution >= 0.6 is 0 Å². The van der Waals surface area contributed by atoms with E-state index in [2.05, 4.69) is 21.5 Å². The van der Waals surface area contributed by atoms with Crippen molar-refractivity contribution in [3.8, 4) is 23.2 Å². The number of anilines is 2. The summed E-state index contributed by atoms with van der Waals surface area (Å²) in [5.41, 5.74) is 1.73. The van der Waals surface area contributed by atoms with Gasteiger partial charge in [-0.3, -0.25) is 14.8 Å². The van der Waals surface area contributed by atoms with Gasteiger partial charge in [-0.05, 0) is 39.0 Å². The summed E-state index contributed by atoms with van der Waals surface area (Å²) in [6.45, 7) is 6.70. The van der Waals surface area contributed by atoms with Gasteiger partial charge in [-0.2, -0.15) is 10.4 Å². The Bertz CT molecular complexity index is 1140.